The predicted octanol–water partition coefficient (Wildman–Crippen LogP) is 1.77. The number of hydrogen-bond donors (Lipinski definition) is 2. The van der Waals surface area contributed by atoms with Gasteiger partial charge in [0.2, 0.25) is 6.79 Å². The van der Waals surface area contributed by atoms with E-state index in [9.17, 15) is 5.11 Å². The van der Waals surface area contributed by atoms with Crippen LogP contribution >= 0.6 is 11.6 Å². The first-order valence-electron chi connectivity index (χ1n) is 5.01. The monoisotopic (exact) mass is 253 g/mol. The lowest BCUT2D eigenvalue weighted by Gasteiger charge is -2.08. The van der Waals surface area contributed by atoms with Gasteiger partial charge in [-0.05, 0) is 19.9 Å². The van der Waals surface area contributed by atoms with Crippen LogP contribution in [0.2, 0.25) is 5.02 Å². The van der Waals surface area contributed by atoms with Crippen LogP contribution in [0, 0.1) is 11.8 Å². The van der Waals surface area contributed by atoms with Gasteiger partial charge in [0.15, 0.2) is 11.5 Å². The zero-order valence-corrected chi connectivity index (χ0v) is 10.3. The summed E-state index contributed by atoms with van der Waals surface area (Å²) >= 11 is 5.96. The standard InChI is InChI=1S/C12H12ClNO3/c1-12(2,15)4-3-7-5-8(13)9(14)11-10(7)16-6-17-11/h5,15H,6,14H2,1-2H3. The van der Waals surface area contributed by atoms with E-state index in [1.165, 1.54) is 0 Å². The Hall–Kier alpha value is -1.57. The van der Waals surface area contributed by atoms with Crippen molar-refractivity contribution >= 4 is 17.3 Å². The number of aliphatic hydroxyl groups is 1. The summed E-state index contributed by atoms with van der Waals surface area (Å²) in [5, 5.41) is 9.90. The summed E-state index contributed by atoms with van der Waals surface area (Å²) in [6, 6.07) is 1.60. The van der Waals surface area contributed by atoms with Crippen LogP contribution in [0.3, 0.4) is 0 Å². The maximum absolute atomic E-state index is 9.55. The molecular weight excluding hydrogens is 242 g/mol. The lowest BCUT2D eigenvalue weighted by atomic mass is 10.1. The summed E-state index contributed by atoms with van der Waals surface area (Å²) in [7, 11) is 0. The van der Waals surface area contributed by atoms with Crippen LogP contribution in [0.15, 0.2) is 6.07 Å². The second-order valence-corrected chi connectivity index (χ2v) is 4.60. The summed E-state index contributed by atoms with van der Waals surface area (Å²) in [6.45, 7) is 3.28. The molecule has 0 aliphatic carbocycles. The second-order valence-electron chi connectivity index (χ2n) is 4.19. The van der Waals surface area contributed by atoms with E-state index in [0.29, 0.717) is 27.8 Å². The van der Waals surface area contributed by atoms with Gasteiger partial charge in [0.25, 0.3) is 0 Å². The Labute approximate surface area is 104 Å². The van der Waals surface area contributed by atoms with Gasteiger partial charge in [-0.25, -0.2) is 0 Å². The third kappa shape index (κ3) is 2.41. The van der Waals surface area contributed by atoms with Crippen LogP contribution in [-0.4, -0.2) is 17.5 Å². The van der Waals surface area contributed by atoms with Gasteiger partial charge in [-0.1, -0.05) is 23.4 Å². The number of anilines is 1. The molecule has 0 atom stereocenters. The average Bonchev–Trinajstić information content (AvgIpc) is 2.69. The summed E-state index contributed by atoms with van der Waals surface area (Å²) < 4.78 is 10.5. The number of hydrogen-bond acceptors (Lipinski definition) is 4. The first-order chi connectivity index (χ1) is 7.88. The van der Waals surface area contributed by atoms with Crippen molar-refractivity contribution in [2.45, 2.75) is 19.4 Å². The minimum atomic E-state index is -1.08. The Morgan fingerprint density at radius 3 is 2.71 bits per heavy atom. The van der Waals surface area contributed by atoms with E-state index in [0.717, 1.165) is 0 Å². The largest absolute Gasteiger partial charge is 0.452 e. The fourth-order valence-corrected chi connectivity index (χ4v) is 1.57. The van der Waals surface area contributed by atoms with Crippen molar-refractivity contribution in [1.82, 2.24) is 0 Å². The van der Waals surface area contributed by atoms with E-state index < -0.39 is 5.60 Å². The van der Waals surface area contributed by atoms with Crippen molar-refractivity contribution in [3.63, 3.8) is 0 Å². The van der Waals surface area contributed by atoms with Gasteiger partial charge < -0.3 is 20.3 Å². The third-order valence-corrected chi connectivity index (χ3v) is 2.45. The molecule has 17 heavy (non-hydrogen) atoms. The maximum Gasteiger partial charge on any atom is 0.231 e. The van der Waals surface area contributed by atoms with Crippen LogP contribution in [0.1, 0.15) is 19.4 Å². The minimum Gasteiger partial charge on any atom is -0.452 e. The minimum absolute atomic E-state index is 0.0943. The highest BCUT2D eigenvalue weighted by Gasteiger charge is 2.22. The van der Waals surface area contributed by atoms with Gasteiger partial charge in [-0.2, -0.15) is 0 Å². The first kappa shape index (κ1) is 11.9. The van der Waals surface area contributed by atoms with Gasteiger partial charge >= 0.3 is 0 Å². The fraction of sp³-hybridized carbons (Fsp3) is 0.333. The molecule has 0 spiro atoms. The summed E-state index contributed by atoms with van der Waals surface area (Å²) in [6.07, 6.45) is 0. The molecule has 2 rings (SSSR count). The fourth-order valence-electron chi connectivity index (χ4n) is 1.37. The van der Waals surface area contributed by atoms with Gasteiger partial charge in [0.05, 0.1) is 16.3 Å². The number of rotatable bonds is 0. The highest BCUT2D eigenvalue weighted by molar-refractivity contribution is 6.33. The number of nitrogens with two attached hydrogens (primary N) is 1. The van der Waals surface area contributed by atoms with Crippen LogP contribution in [0.4, 0.5) is 5.69 Å². The number of ether oxygens (including phenoxy) is 2. The number of fused-ring (bicyclic) bond motifs is 1. The Kier molecular flexibility index (Phi) is 2.82. The molecule has 0 aromatic heterocycles. The molecule has 0 bridgehead atoms. The number of nitrogen functional groups attached to an aromatic ring is 1. The van der Waals surface area contributed by atoms with E-state index in [1.54, 1.807) is 19.9 Å². The lowest BCUT2D eigenvalue weighted by Crippen LogP contribution is -2.14. The maximum atomic E-state index is 9.55. The summed E-state index contributed by atoms with van der Waals surface area (Å²) in [5.74, 6) is 6.38. The van der Waals surface area contributed by atoms with Crippen LogP contribution in [-0.2, 0) is 0 Å². The van der Waals surface area contributed by atoms with Crippen molar-refractivity contribution < 1.29 is 14.6 Å². The van der Waals surface area contributed by atoms with Crippen molar-refractivity contribution in [2.75, 3.05) is 12.5 Å². The third-order valence-electron chi connectivity index (χ3n) is 2.13. The molecule has 90 valence electrons. The molecule has 0 amide bonds. The van der Waals surface area contributed by atoms with E-state index in [1.807, 2.05) is 0 Å². The lowest BCUT2D eigenvalue weighted by molar-refractivity contribution is 0.143. The Morgan fingerprint density at radius 2 is 2.06 bits per heavy atom. The molecule has 1 aliphatic heterocycles. The zero-order chi connectivity index (χ0) is 12.6. The number of benzene rings is 1. The molecule has 1 heterocycles. The number of halogens is 1. The molecule has 1 aromatic rings. The Bertz CT molecular complexity index is 523. The molecule has 0 radical (unpaired) electrons. The summed E-state index contributed by atoms with van der Waals surface area (Å²) in [5.41, 5.74) is 5.56. The van der Waals surface area contributed by atoms with Crippen molar-refractivity contribution in [1.29, 1.82) is 0 Å². The molecule has 5 heteroatoms. The second kappa shape index (κ2) is 4.02. The van der Waals surface area contributed by atoms with E-state index in [-0.39, 0.29) is 6.79 Å². The first-order valence-corrected chi connectivity index (χ1v) is 5.39. The molecule has 4 nitrogen and oxygen atoms in total. The van der Waals surface area contributed by atoms with Crippen LogP contribution in [0.25, 0.3) is 0 Å². The van der Waals surface area contributed by atoms with Crippen LogP contribution < -0.4 is 15.2 Å². The average molecular weight is 254 g/mol. The quantitative estimate of drug-likeness (QED) is 0.546. The molecule has 3 N–H and O–H groups in total. The molecule has 0 saturated carbocycles. The molecule has 1 aliphatic rings. The van der Waals surface area contributed by atoms with Crippen molar-refractivity contribution in [2.24, 2.45) is 0 Å². The molecule has 0 fully saturated rings. The normalized spacial score (nSPS) is 13.2. The van der Waals surface area contributed by atoms with Gasteiger partial charge in [0, 0.05) is 0 Å². The molecular formula is C12H12ClNO3. The SMILES string of the molecule is CC(C)(O)C#Cc1cc(Cl)c(N)c2c1OCO2. The molecule has 0 unspecified atom stereocenters. The van der Waals surface area contributed by atoms with E-state index in [4.69, 9.17) is 26.8 Å². The van der Waals surface area contributed by atoms with E-state index >= 15 is 0 Å². The molecule has 0 saturated heterocycles. The predicted molar refractivity (Wildman–Crippen MR) is 65.2 cm³/mol. The van der Waals surface area contributed by atoms with E-state index in [2.05, 4.69) is 11.8 Å². The zero-order valence-electron chi connectivity index (χ0n) is 9.50. The van der Waals surface area contributed by atoms with Gasteiger partial charge in [-0.3, -0.25) is 0 Å². The van der Waals surface area contributed by atoms with Crippen molar-refractivity contribution in [3.8, 4) is 23.3 Å². The van der Waals surface area contributed by atoms with Gasteiger partial charge in [-0.15, -0.1) is 0 Å². The summed E-state index contributed by atoms with van der Waals surface area (Å²) in [4.78, 5) is 0. The van der Waals surface area contributed by atoms with Crippen LogP contribution in [0.5, 0.6) is 11.5 Å². The topological polar surface area (TPSA) is 64.7 Å². The smallest absolute Gasteiger partial charge is 0.231 e. The Morgan fingerprint density at radius 1 is 1.41 bits per heavy atom. The highest BCUT2D eigenvalue weighted by Crippen LogP contribution is 2.44. The van der Waals surface area contributed by atoms with Crippen molar-refractivity contribution in [3.05, 3.63) is 16.7 Å². The van der Waals surface area contributed by atoms with Gasteiger partial charge in [0.1, 0.15) is 5.60 Å². The highest BCUT2D eigenvalue weighted by atomic mass is 35.5. The molecule has 1 aromatic carbocycles. The Balaban J connectivity index is 2.52.